The van der Waals surface area contributed by atoms with Crippen molar-refractivity contribution in [1.29, 1.82) is 0 Å². The molecule has 0 amide bonds. The van der Waals surface area contributed by atoms with Crippen molar-refractivity contribution in [1.82, 2.24) is 0 Å². The molecule has 12 heavy (non-hydrogen) atoms. The molecule has 0 fully saturated rings. The summed E-state index contributed by atoms with van der Waals surface area (Å²) < 4.78 is 4.98. The molecule has 0 spiro atoms. The van der Waals surface area contributed by atoms with E-state index in [9.17, 15) is 10.1 Å². The number of hydrogen-bond acceptors (Lipinski definition) is 3. The van der Waals surface area contributed by atoms with Gasteiger partial charge in [0.05, 0.1) is 11.0 Å². The molecule has 0 N–H and O–H groups in total. The van der Waals surface area contributed by atoms with E-state index in [4.69, 9.17) is 4.42 Å². The molecular formula is C7H6BrNO3. The fourth-order valence-corrected chi connectivity index (χ4v) is 0.927. The maximum absolute atomic E-state index is 10.2. The van der Waals surface area contributed by atoms with Gasteiger partial charge >= 0.3 is 4.61 Å². The number of nitrogens with zero attached hydrogens (tertiary/aromatic N) is 1. The first kappa shape index (κ1) is 8.99. The molecule has 0 aliphatic rings. The lowest BCUT2D eigenvalue weighted by molar-refractivity contribution is -0.407. The van der Waals surface area contributed by atoms with Gasteiger partial charge in [0.15, 0.2) is 0 Å². The van der Waals surface area contributed by atoms with Crippen LogP contribution in [0.15, 0.2) is 21.2 Å². The smallest absolute Gasteiger partial charge is 0.314 e. The number of rotatable bonds is 2. The van der Waals surface area contributed by atoms with E-state index in [1.165, 1.54) is 6.08 Å². The predicted molar refractivity (Wildman–Crippen MR) is 47.3 cm³/mol. The lowest BCUT2D eigenvalue weighted by Gasteiger charge is -1.85. The Hall–Kier alpha value is -1.10. The van der Waals surface area contributed by atoms with Gasteiger partial charge in [-0.1, -0.05) is 0 Å². The van der Waals surface area contributed by atoms with Crippen LogP contribution in [0.3, 0.4) is 0 Å². The van der Waals surface area contributed by atoms with Crippen molar-refractivity contribution in [3.8, 4) is 0 Å². The average Bonchev–Trinajstić information content (AvgIpc) is 2.35. The fraction of sp³-hybridized carbons (Fsp3) is 0.143. The Morgan fingerprint density at radius 3 is 2.83 bits per heavy atom. The summed E-state index contributed by atoms with van der Waals surface area (Å²) in [5, 5.41) is 10.2. The van der Waals surface area contributed by atoms with Gasteiger partial charge in [0.1, 0.15) is 11.5 Å². The molecule has 0 aliphatic heterocycles. The highest BCUT2D eigenvalue weighted by Gasteiger charge is 2.05. The van der Waals surface area contributed by atoms with E-state index in [-0.39, 0.29) is 4.61 Å². The second-order valence-electron chi connectivity index (χ2n) is 2.17. The van der Waals surface area contributed by atoms with Gasteiger partial charge in [0.25, 0.3) is 0 Å². The van der Waals surface area contributed by atoms with Crippen LogP contribution in [0, 0.1) is 17.0 Å². The summed E-state index contributed by atoms with van der Waals surface area (Å²) in [4.78, 5) is 9.63. The van der Waals surface area contributed by atoms with Crippen LogP contribution in [0.25, 0.3) is 6.08 Å². The predicted octanol–water partition coefficient (Wildman–Crippen LogP) is 2.56. The van der Waals surface area contributed by atoms with E-state index >= 15 is 0 Å². The van der Waals surface area contributed by atoms with Gasteiger partial charge in [-0.2, -0.15) is 0 Å². The molecule has 0 aliphatic carbocycles. The highest BCUT2D eigenvalue weighted by atomic mass is 79.9. The molecule has 0 radical (unpaired) electrons. The normalized spacial score (nSPS) is 11.7. The van der Waals surface area contributed by atoms with E-state index in [0.29, 0.717) is 5.76 Å². The highest BCUT2D eigenvalue weighted by Crippen LogP contribution is 2.14. The van der Waals surface area contributed by atoms with E-state index in [2.05, 4.69) is 15.9 Å². The van der Waals surface area contributed by atoms with Gasteiger partial charge in [-0.25, -0.2) is 0 Å². The third-order valence-corrected chi connectivity index (χ3v) is 1.72. The number of nitro groups is 1. The summed E-state index contributed by atoms with van der Waals surface area (Å²) in [6, 6.07) is 3.41. The van der Waals surface area contributed by atoms with Crippen molar-refractivity contribution < 1.29 is 9.34 Å². The summed E-state index contributed by atoms with van der Waals surface area (Å²) >= 11 is 2.79. The minimum absolute atomic E-state index is 0.114. The van der Waals surface area contributed by atoms with Crippen molar-refractivity contribution in [2.75, 3.05) is 0 Å². The molecule has 1 rings (SSSR count). The topological polar surface area (TPSA) is 56.3 Å². The Morgan fingerprint density at radius 2 is 2.42 bits per heavy atom. The van der Waals surface area contributed by atoms with Crippen molar-refractivity contribution in [3.63, 3.8) is 0 Å². The Morgan fingerprint density at radius 1 is 1.75 bits per heavy atom. The molecule has 0 atom stereocenters. The summed E-state index contributed by atoms with van der Waals surface area (Å²) in [6.07, 6.45) is 1.31. The molecule has 0 bridgehead atoms. The van der Waals surface area contributed by atoms with Crippen LogP contribution in [-0.2, 0) is 0 Å². The number of aryl methyl sites for hydroxylation is 1. The summed E-state index contributed by atoms with van der Waals surface area (Å²) in [7, 11) is 0. The van der Waals surface area contributed by atoms with Gasteiger partial charge in [-0.05, 0) is 19.1 Å². The van der Waals surface area contributed by atoms with Gasteiger partial charge in [-0.3, -0.25) is 10.1 Å². The van der Waals surface area contributed by atoms with Crippen LogP contribution in [0.1, 0.15) is 11.5 Å². The van der Waals surface area contributed by atoms with Gasteiger partial charge in [-0.15, -0.1) is 0 Å². The van der Waals surface area contributed by atoms with E-state index < -0.39 is 4.92 Å². The molecular weight excluding hydrogens is 226 g/mol. The zero-order valence-corrected chi connectivity index (χ0v) is 7.87. The third-order valence-electron chi connectivity index (χ3n) is 1.20. The van der Waals surface area contributed by atoms with Crippen LogP contribution in [0.5, 0.6) is 0 Å². The van der Waals surface area contributed by atoms with Crippen LogP contribution in [0.2, 0.25) is 0 Å². The van der Waals surface area contributed by atoms with Gasteiger partial charge < -0.3 is 4.42 Å². The standard InChI is InChI=1S/C7H6BrNO3/c1-5-2-3-6(12-5)4-7(8)9(10)11/h2-4H,1H3. The summed E-state index contributed by atoms with van der Waals surface area (Å²) in [5.41, 5.74) is 0. The molecule has 0 saturated carbocycles. The molecule has 0 saturated heterocycles. The fourth-order valence-electron chi connectivity index (χ4n) is 0.701. The number of halogens is 1. The zero-order chi connectivity index (χ0) is 9.14. The molecule has 0 aromatic carbocycles. The molecule has 5 heteroatoms. The van der Waals surface area contributed by atoms with E-state index in [1.54, 1.807) is 19.1 Å². The van der Waals surface area contributed by atoms with Crippen LogP contribution >= 0.6 is 15.9 Å². The average molecular weight is 232 g/mol. The second kappa shape index (κ2) is 3.53. The second-order valence-corrected chi connectivity index (χ2v) is 2.99. The minimum Gasteiger partial charge on any atom is -0.462 e. The number of hydrogen-bond donors (Lipinski definition) is 0. The van der Waals surface area contributed by atoms with Crippen molar-refractivity contribution in [2.24, 2.45) is 0 Å². The van der Waals surface area contributed by atoms with Crippen molar-refractivity contribution >= 4 is 22.0 Å². The van der Waals surface area contributed by atoms with Crippen LogP contribution < -0.4 is 0 Å². The molecule has 1 heterocycles. The first-order chi connectivity index (χ1) is 5.59. The summed E-state index contributed by atoms with van der Waals surface area (Å²) in [6.45, 7) is 1.78. The first-order valence-electron chi connectivity index (χ1n) is 3.17. The maximum atomic E-state index is 10.2. The Bertz CT molecular complexity index is 329. The molecule has 4 nitrogen and oxygen atoms in total. The van der Waals surface area contributed by atoms with Crippen molar-refractivity contribution in [2.45, 2.75) is 6.92 Å². The van der Waals surface area contributed by atoms with Gasteiger partial charge in [0, 0.05) is 15.9 Å². The Kier molecular flexibility index (Phi) is 2.65. The van der Waals surface area contributed by atoms with Crippen molar-refractivity contribution in [3.05, 3.63) is 38.4 Å². The maximum Gasteiger partial charge on any atom is 0.314 e. The molecule has 1 aromatic heterocycles. The van der Waals surface area contributed by atoms with Crippen LogP contribution in [0.4, 0.5) is 0 Å². The van der Waals surface area contributed by atoms with Crippen LogP contribution in [-0.4, -0.2) is 4.92 Å². The largest absolute Gasteiger partial charge is 0.462 e. The first-order valence-corrected chi connectivity index (χ1v) is 3.97. The molecule has 1 aromatic rings. The highest BCUT2D eigenvalue weighted by molar-refractivity contribution is 9.11. The lowest BCUT2D eigenvalue weighted by atomic mass is 10.4. The monoisotopic (exact) mass is 231 g/mol. The van der Waals surface area contributed by atoms with Gasteiger partial charge in [0.2, 0.25) is 0 Å². The quantitative estimate of drug-likeness (QED) is 0.447. The Labute approximate surface area is 77.2 Å². The van der Waals surface area contributed by atoms with E-state index in [1.807, 2.05) is 0 Å². The summed E-state index contributed by atoms with van der Waals surface area (Å²) in [5.74, 6) is 1.20. The zero-order valence-electron chi connectivity index (χ0n) is 6.28. The number of furan rings is 1. The lowest BCUT2D eigenvalue weighted by Crippen LogP contribution is -1.88. The van der Waals surface area contributed by atoms with E-state index in [0.717, 1.165) is 5.76 Å². The molecule has 0 unspecified atom stereocenters. The minimum atomic E-state index is -0.530. The third kappa shape index (κ3) is 2.20. The molecule has 64 valence electrons. The SMILES string of the molecule is Cc1ccc(C=C(Br)[N+](=O)[O-])o1. The Balaban J connectivity index is 2.87.